The zero-order valence-electron chi connectivity index (χ0n) is 13.3. The summed E-state index contributed by atoms with van der Waals surface area (Å²) in [5, 5.41) is 0. The lowest BCUT2D eigenvalue weighted by Crippen LogP contribution is -2.28. The average Bonchev–Trinajstić information content (AvgIpc) is 2.48. The second-order valence-electron chi connectivity index (χ2n) is 3.45. The van der Waals surface area contributed by atoms with E-state index < -0.39 is 18.2 Å². The molecule has 0 aliphatic heterocycles. The third-order valence-corrected chi connectivity index (χ3v) is 1.64. The molecular formula is C16H26O5. The van der Waals surface area contributed by atoms with Gasteiger partial charge in [-0.15, -0.1) is 26.3 Å². The van der Waals surface area contributed by atoms with Crippen LogP contribution in [0.4, 0.5) is 0 Å². The summed E-state index contributed by atoms with van der Waals surface area (Å²) in [6.07, 6.45) is -0.924. The third kappa shape index (κ3) is 14.1. The molecule has 0 N–H and O–H groups in total. The van der Waals surface area contributed by atoms with Gasteiger partial charge in [0.15, 0.2) is 6.61 Å². The first kappa shape index (κ1) is 23.9. The van der Waals surface area contributed by atoms with Crippen LogP contribution in [0.5, 0.6) is 0 Å². The van der Waals surface area contributed by atoms with Crippen molar-refractivity contribution in [2.75, 3.05) is 13.2 Å². The van der Waals surface area contributed by atoms with Crippen LogP contribution in [-0.2, 0) is 23.8 Å². The number of esters is 2. The van der Waals surface area contributed by atoms with Crippen molar-refractivity contribution < 1.29 is 23.8 Å². The Morgan fingerprint density at radius 1 is 0.952 bits per heavy atom. The molecule has 21 heavy (non-hydrogen) atoms. The van der Waals surface area contributed by atoms with Crippen molar-refractivity contribution in [3.63, 3.8) is 0 Å². The van der Waals surface area contributed by atoms with E-state index in [9.17, 15) is 9.59 Å². The van der Waals surface area contributed by atoms with Crippen LogP contribution in [0.15, 0.2) is 50.6 Å². The maximum atomic E-state index is 11.2. The van der Waals surface area contributed by atoms with E-state index in [0.29, 0.717) is 6.61 Å². The van der Waals surface area contributed by atoms with Crippen LogP contribution in [0.2, 0.25) is 0 Å². The van der Waals surface area contributed by atoms with E-state index in [4.69, 9.17) is 14.2 Å². The molecule has 1 atom stereocenters. The molecule has 0 bridgehead atoms. The molecule has 0 aromatic rings. The molecule has 0 saturated heterocycles. The van der Waals surface area contributed by atoms with Gasteiger partial charge in [-0.05, 0) is 20.8 Å². The number of rotatable bonds is 7. The molecule has 0 amide bonds. The summed E-state index contributed by atoms with van der Waals surface area (Å²) >= 11 is 0. The number of hydrogen-bond donors (Lipinski definition) is 0. The molecule has 120 valence electrons. The predicted octanol–water partition coefficient (Wildman–Crippen LogP) is 3.19. The molecule has 0 aromatic carbocycles. The Morgan fingerprint density at radius 2 is 1.38 bits per heavy atom. The molecular weight excluding hydrogens is 272 g/mol. The van der Waals surface area contributed by atoms with Gasteiger partial charge in [0, 0.05) is 17.8 Å². The maximum absolute atomic E-state index is 11.2. The molecule has 0 heterocycles. The van der Waals surface area contributed by atoms with Crippen molar-refractivity contribution in [3.05, 3.63) is 50.6 Å². The highest BCUT2D eigenvalue weighted by molar-refractivity contribution is 5.87. The van der Waals surface area contributed by atoms with Gasteiger partial charge in [0.05, 0.1) is 0 Å². The van der Waals surface area contributed by atoms with Gasteiger partial charge in [0.25, 0.3) is 0 Å². The van der Waals surface area contributed by atoms with Crippen molar-refractivity contribution in [2.45, 2.75) is 27.1 Å². The van der Waals surface area contributed by atoms with Gasteiger partial charge in [0.2, 0.25) is 6.29 Å². The van der Waals surface area contributed by atoms with E-state index in [2.05, 4.69) is 39.5 Å². The Labute approximate surface area is 127 Å². The largest absolute Gasteiger partial charge is 0.456 e. The summed E-state index contributed by atoms with van der Waals surface area (Å²) in [6, 6.07) is 0. The summed E-state index contributed by atoms with van der Waals surface area (Å²) < 4.78 is 14.8. The highest BCUT2D eigenvalue weighted by atomic mass is 16.7. The second kappa shape index (κ2) is 15.9. The van der Waals surface area contributed by atoms with Crippen LogP contribution >= 0.6 is 0 Å². The van der Waals surface area contributed by atoms with E-state index in [1.807, 2.05) is 0 Å². The quantitative estimate of drug-likeness (QED) is 0.312. The topological polar surface area (TPSA) is 61.8 Å². The molecule has 5 heteroatoms. The molecule has 0 aliphatic carbocycles. The first-order valence-electron chi connectivity index (χ1n) is 6.19. The lowest BCUT2D eigenvalue weighted by Gasteiger charge is -2.17. The third-order valence-electron chi connectivity index (χ3n) is 1.64. The van der Waals surface area contributed by atoms with E-state index >= 15 is 0 Å². The Balaban J connectivity index is -0.000000739. The van der Waals surface area contributed by atoms with Crippen molar-refractivity contribution in [1.82, 2.24) is 0 Å². The maximum Gasteiger partial charge on any atom is 0.335 e. The van der Waals surface area contributed by atoms with Crippen LogP contribution in [-0.4, -0.2) is 31.4 Å². The van der Waals surface area contributed by atoms with Crippen molar-refractivity contribution in [2.24, 2.45) is 0 Å². The SMILES string of the molecule is C=C.C=C.C=C(C)C(=O)OCC(OCC)OC(=O)C(=C)C. The zero-order chi connectivity index (χ0) is 17.4. The van der Waals surface area contributed by atoms with Crippen molar-refractivity contribution in [3.8, 4) is 0 Å². The van der Waals surface area contributed by atoms with Gasteiger partial charge in [-0.25, -0.2) is 9.59 Å². The number of ether oxygens (including phenoxy) is 3. The minimum absolute atomic E-state index is 0.168. The summed E-state index contributed by atoms with van der Waals surface area (Å²) in [5.74, 6) is -1.14. The van der Waals surface area contributed by atoms with E-state index in [-0.39, 0.29) is 17.8 Å². The fraction of sp³-hybridized carbons (Fsp3) is 0.375. The van der Waals surface area contributed by atoms with Crippen LogP contribution in [0, 0.1) is 0 Å². The lowest BCUT2D eigenvalue weighted by molar-refractivity contribution is -0.188. The molecule has 0 saturated carbocycles. The van der Waals surface area contributed by atoms with Crippen molar-refractivity contribution in [1.29, 1.82) is 0 Å². The Bertz CT molecular complexity index is 345. The fourth-order valence-electron chi connectivity index (χ4n) is 0.789. The predicted molar refractivity (Wildman–Crippen MR) is 84.6 cm³/mol. The van der Waals surface area contributed by atoms with Crippen LogP contribution in [0.25, 0.3) is 0 Å². The minimum atomic E-state index is -0.924. The summed E-state index contributed by atoms with van der Waals surface area (Å²) in [4.78, 5) is 22.4. The summed E-state index contributed by atoms with van der Waals surface area (Å²) in [6.45, 7) is 23.8. The van der Waals surface area contributed by atoms with Gasteiger partial charge in [0.1, 0.15) is 0 Å². The minimum Gasteiger partial charge on any atom is -0.456 e. The zero-order valence-corrected chi connectivity index (χ0v) is 13.3. The molecule has 0 rings (SSSR count). The molecule has 0 fully saturated rings. The number of hydrogen-bond acceptors (Lipinski definition) is 5. The first-order chi connectivity index (χ1) is 9.88. The Kier molecular flexibility index (Phi) is 18.1. The summed E-state index contributed by atoms with van der Waals surface area (Å²) in [5.41, 5.74) is 0.521. The summed E-state index contributed by atoms with van der Waals surface area (Å²) in [7, 11) is 0. The van der Waals surface area contributed by atoms with E-state index in [0.717, 1.165) is 0 Å². The lowest BCUT2D eigenvalue weighted by atomic mass is 10.3. The number of carbonyl (C=O) groups excluding carboxylic acids is 2. The van der Waals surface area contributed by atoms with Gasteiger partial charge in [-0.3, -0.25) is 0 Å². The van der Waals surface area contributed by atoms with Crippen LogP contribution < -0.4 is 0 Å². The molecule has 0 radical (unpaired) electrons. The Hall–Kier alpha value is -2.14. The first-order valence-corrected chi connectivity index (χ1v) is 6.19. The molecule has 0 spiro atoms. The fourth-order valence-corrected chi connectivity index (χ4v) is 0.789. The Morgan fingerprint density at radius 3 is 1.71 bits per heavy atom. The van der Waals surface area contributed by atoms with E-state index in [1.54, 1.807) is 6.92 Å². The molecule has 1 unspecified atom stereocenters. The monoisotopic (exact) mass is 298 g/mol. The normalized spacial score (nSPS) is 9.67. The number of carbonyl (C=O) groups is 2. The second-order valence-corrected chi connectivity index (χ2v) is 3.45. The average molecular weight is 298 g/mol. The highest BCUT2D eigenvalue weighted by Gasteiger charge is 2.17. The molecule has 5 nitrogen and oxygen atoms in total. The van der Waals surface area contributed by atoms with Gasteiger partial charge in [-0.1, -0.05) is 13.2 Å². The van der Waals surface area contributed by atoms with E-state index in [1.165, 1.54) is 13.8 Å². The molecule has 0 aromatic heterocycles. The highest BCUT2D eigenvalue weighted by Crippen LogP contribution is 2.03. The molecule has 0 aliphatic rings. The van der Waals surface area contributed by atoms with Gasteiger partial charge < -0.3 is 14.2 Å². The van der Waals surface area contributed by atoms with Gasteiger partial charge >= 0.3 is 11.9 Å². The van der Waals surface area contributed by atoms with Crippen LogP contribution in [0.1, 0.15) is 20.8 Å². The van der Waals surface area contributed by atoms with Crippen molar-refractivity contribution >= 4 is 11.9 Å². The smallest absolute Gasteiger partial charge is 0.335 e. The van der Waals surface area contributed by atoms with Crippen LogP contribution in [0.3, 0.4) is 0 Å². The standard InChI is InChI=1S/C12H18O5.2C2H4/c1-6-15-10(17-12(14)9(4)5)7-16-11(13)8(2)3;2*1-2/h10H,2,4,6-7H2,1,3,5H3;2*1-2H2. The van der Waals surface area contributed by atoms with Gasteiger partial charge in [-0.2, -0.15) is 0 Å².